The van der Waals surface area contributed by atoms with E-state index in [9.17, 15) is 9.59 Å². The Balaban J connectivity index is 1.70. The number of imidazole rings is 1. The maximum atomic E-state index is 11.0. The van der Waals surface area contributed by atoms with Crippen LogP contribution < -0.4 is 14.4 Å². The zero-order valence-electron chi connectivity index (χ0n) is 25.6. The molecule has 1 N–H and O–H groups in total. The third kappa shape index (κ3) is 8.28. The van der Waals surface area contributed by atoms with E-state index in [1.807, 2.05) is 24.3 Å². The number of anilines is 2. The second kappa shape index (κ2) is 16.6. The molecule has 0 unspecified atom stereocenters. The van der Waals surface area contributed by atoms with E-state index in [0.29, 0.717) is 46.1 Å². The monoisotopic (exact) mass is 695 g/mol. The third-order valence-electron chi connectivity index (χ3n) is 7.91. The van der Waals surface area contributed by atoms with E-state index in [1.165, 1.54) is 0 Å². The molecule has 0 atom stereocenters. The quantitative estimate of drug-likeness (QED) is 0.0864. The lowest BCUT2D eigenvalue weighted by Gasteiger charge is -2.24. The Hall–Kier alpha value is -2.91. The minimum Gasteiger partial charge on any atom is -0.481 e. The number of hydrogen-bond donors (Lipinski definition) is 1. The normalized spacial score (nSPS) is 13.9. The van der Waals surface area contributed by atoms with Crippen LogP contribution >= 0.6 is 46.4 Å². The summed E-state index contributed by atoms with van der Waals surface area (Å²) in [4.78, 5) is 26.0. The van der Waals surface area contributed by atoms with Gasteiger partial charge in [-0.25, -0.2) is 9.13 Å². The first-order valence-corrected chi connectivity index (χ1v) is 16.8. The number of carbonyl (C=O) groups excluding carboxylic acids is 1. The predicted octanol–water partition coefficient (Wildman–Crippen LogP) is 8.75. The average molecular weight is 698 g/mol. The lowest BCUT2D eigenvalue weighted by atomic mass is 10.2. The molecule has 0 amide bonds. The fraction of sp³-hybridized carbons (Fsp3) is 0.424. The molecule has 0 saturated heterocycles. The number of allylic oxidation sites excluding steroid dienone is 2. The summed E-state index contributed by atoms with van der Waals surface area (Å²) in [6.07, 6.45) is 11.3. The van der Waals surface area contributed by atoms with Gasteiger partial charge in [0, 0.05) is 37.7 Å². The van der Waals surface area contributed by atoms with E-state index in [4.69, 9.17) is 56.2 Å². The van der Waals surface area contributed by atoms with Crippen molar-refractivity contribution in [2.45, 2.75) is 71.9 Å². The van der Waals surface area contributed by atoms with Gasteiger partial charge in [0.25, 0.3) is 12.3 Å². The molecule has 1 aliphatic heterocycles. The molecule has 1 aromatic heterocycles. The van der Waals surface area contributed by atoms with Gasteiger partial charge in [0.15, 0.2) is 11.0 Å². The number of unbranched alkanes of at least 4 members (excludes halogenated alkanes) is 4. The Kier molecular flexibility index (Phi) is 12.9. The van der Waals surface area contributed by atoms with E-state index >= 15 is 0 Å². The number of ether oxygens (including phenoxy) is 1. The van der Waals surface area contributed by atoms with Crippen LogP contribution in [0.2, 0.25) is 20.1 Å². The summed E-state index contributed by atoms with van der Waals surface area (Å²) in [5.74, 6) is 1.23. The number of nitrogens with zero attached hydrogens (tertiary/aromatic N) is 4. The van der Waals surface area contributed by atoms with Crippen molar-refractivity contribution in [3.05, 3.63) is 68.2 Å². The van der Waals surface area contributed by atoms with Crippen LogP contribution in [0.25, 0.3) is 17.1 Å². The van der Waals surface area contributed by atoms with Gasteiger partial charge >= 0.3 is 5.97 Å². The second-order valence-corrected chi connectivity index (χ2v) is 12.4. The minimum atomic E-state index is -0.774. The molecule has 0 fully saturated rings. The summed E-state index contributed by atoms with van der Waals surface area (Å²) in [5.41, 5.74) is 3.96. The lowest BCUT2D eigenvalue weighted by molar-refractivity contribution is -0.674. The highest BCUT2D eigenvalue weighted by Crippen LogP contribution is 2.45. The highest BCUT2D eigenvalue weighted by Gasteiger charge is 2.31. The van der Waals surface area contributed by atoms with Gasteiger partial charge in [-0.15, -0.1) is 0 Å². The second-order valence-electron chi connectivity index (χ2n) is 10.8. The largest absolute Gasteiger partial charge is 0.481 e. The van der Waals surface area contributed by atoms with E-state index in [0.717, 1.165) is 85.8 Å². The highest BCUT2D eigenvalue weighted by molar-refractivity contribution is 6.43. The Morgan fingerprint density at radius 1 is 0.867 bits per heavy atom. The van der Waals surface area contributed by atoms with Gasteiger partial charge in [-0.05, 0) is 70.6 Å². The van der Waals surface area contributed by atoms with Crippen molar-refractivity contribution < 1.29 is 24.0 Å². The Morgan fingerprint density at radius 3 is 2.20 bits per heavy atom. The van der Waals surface area contributed by atoms with Crippen LogP contribution in [-0.4, -0.2) is 41.8 Å². The number of carboxylic acids is 1. The van der Waals surface area contributed by atoms with Gasteiger partial charge in [-0.1, -0.05) is 52.5 Å². The summed E-state index contributed by atoms with van der Waals surface area (Å²) in [5, 5.41) is 11.0. The summed E-state index contributed by atoms with van der Waals surface area (Å²) in [7, 11) is 0. The number of aromatic nitrogens is 2. The smallest absolute Gasteiger partial charge is 0.303 e. The lowest BCUT2D eigenvalue weighted by Crippen LogP contribution is -2.36. The number of halogens is 4. The average Bonchev–Trinajstić information content (AvgIpc) is 3.44. The predicted molar refractivity (Wildman–Crippen MR) is 184 cm³/mol. The molecule has 0 saturated carbocycles. The minimum absolute atomic E-state index is 0.166. The molecule has 1 aliphatic rings. The van der Waals surface area contributed by atoms with Crippen molar-refractivity contribution in [2.75, 3.05) is 29.5 Å². The zero-order chi connectivity index (χ0) is 32.5. The molecule has 4 rings (SSSR count). The van der Waals surface area contributed by atoms with Gasteiger partial charge in [-0.2, -0.15) is 0 Å². The van der Waals surface area contributed by atoms with Crippen molar-refractivity contribution >= 4 is 87.3 Å². The van der Waals surface area contributed by atoms with Crippen molar-refractivity contribution in [2.24, 2.45) is 0 Å². The van der Waals surface area contributed by atoms with Crippen molar-refractivity contribution in [3.63, 3.8) is 0 Å². The molecule has 8 nitrogen and oxygen atoms in total. The van der Waals surface area contributed by atoms with Gasteiger partial charge < -0.3 is 19.6 Å². The number of hydrogen-bond acceptors (Lipinski definition) is 5. The number of carbonyl (C=O) groups is 2. The zero-order valence-corrected chi connectivity index (χ0v) is 28.6. The molecular formula is C33H39Cl4N4O4+. The standard InChI is InChI=1S/C33H38Cl4N4O4/c1-3-38-27-18-23(34)25(36)20-29(27)40(15-8-5-7-14-33(43)44)31(38)12-11-13-32-39(4-2)28-19-24(35)26(37)21-30(28)41(32)16-9-6-10-17-45-22-42/h11-13,18-22H,3-10,14-17H2,1-2H3/p+1. The molecule has 2 aromatic carbocycles. The number of aliphatic carboxylic acids is 1. The van der Waals surface area contributed by atoms with Gasteiger partial charge in [0.2, 0.25) is 0 Å². The summed E-state index contributed by atoms with van der Waals surface area (Å²) in [6, 6.07) is 7.64. The Bertz CT molecular complexity index is 1590. The molecule has 0 bridgehead atoms. The van der Waals surface area contributed by atoms with Crippen LogP contribution in [0, 0.1) is 0 Å². The van der Waals surface area contributed by atoms with E-state index < -0.39 is 5.97 Å². The fourth-order valence-electron chi connectivity index (χ4n) is 5.82. The molecule has 45 heavy (non-hydrogen) atoms. The Labute approximate surface area is 284 Å². The van der Waals surface area contributed by atoms with Crippen molar-refractivity contribution in [1.82, 2.24) is 4.57 Å². The first kappa shape index (κ1) is 35.0. The molecule has 0 radical (unpaired) electrons. The molecule has 3 aromatic rings. The van der Waals surface area contributed by atoms with Gasteiger partial charge in [-0.3, -0.25) is 9.59 Å². The molecule has 0 spiro atoms. The first-order chi connectivity index (χ1) is 21.7. The SMILES string of the molecule is CCN1C(=CC=Cc2n(CC)c3cc(Cl)c(Cl)cc3[n+]2CCCCCC(=O)O)N(CCCCCOC=O)c2cc(Cl)c(Cl)cc21. The number of benzene rings is 2. The topological polar surface area (TPSA) is 78.9 Å². The highest BCUT2D eigenvalue weighted by atomic mass is 35.5. The molecule has 2 heterocycles. The van der Waals surface area contributed by atoms with Crippen LogP contribution in [0.4, 0.5) is 11.4 Å². The molecule has 242 valence electrons. The number of rotatable bonds is 17. The molecule has 0 aliphatic carbocycles. The number of aryl methyl sites for hydroxylation is 2. The number of carboxylic acid groups (broad SMARTS) is 1. The van der Waals surface area contributed by atoms with Crippen LogP contribution in [0.3, 0.4) is 0 Å². The summed E-state index contributed by atoms with van der Waals surface area (Å²) >= 11 is 25.8. The third-order valence-corrected chi connectivity index (χ3v) is 9.36. The van der Waals surface area contributed by atoms with Gasteiger partial charge in [0.05, 0.1) is 51.2 Å². The van der Waals surface area contributed by atoms with Crippen LogP contribution in [0.1, 0.15) is 64.6 Å². The fourth-order valence-corrected chi connectivity index (χ4v) is 6.45. The van der Waals surface area contributed by atoms with Crippen LogP contribution in [0.15, 0.2) is 42.2 Å². The van der Waals surface area contributed by atoms with Crippen molar-refractivity contribution in [1.29, 1.82) is 0 Å². The Morgan fingerprint density at radius 2 is 1.53 bits per heavy atom. The maximum Gasteiger partial charge on any atom is 0.303 e. The van der Waals surface area contributed by atoms with Crippen molar-refractivity contribution in [3.8, 4) is 0 Å². The number of fused-ring (bicyclic) bond motifs is 2. The van der Waals surface area contributed by atoms with E-state index in [-0.39, 0.29) is 6.42 Å². The molecular weight excluding hydrogens is 658 g/mol. The molecule has 12 heteroatoms. The summed E-state index contributed by atoms with van der Waals surface area (Å²) in [6.45, 7) is 8.01. The summed E-state index contributed by atoms with van der Waals surface area (Å²) < 4.78 is 9.30. The maximum absolute atomic E-state index is 11.0. The van der Waals surface area contributed by atoms with E-state index in [2.05, 4.69) is 51.0 Å². The van der Waals surface area contributed by atoms with Crippen LogP contribution in [0.5, 0.6) is 0 Å². The van der Waals surface area contributed by atoms with Crippen LogP contribution in [-0.2, 0) is 27.4 Å². The van der Waals surface area contributed by atoms with E-state index in [1.54, 1.807) is 0 Å². The first-order valence-electron chi connectivity index (χ1n) is 15.3. The van der Waals surface area contributed by atoms with Gasteiger partial charge in [0.1, 0.15) is 5.82 Å².